The van der Waals surface area contributed by atoms with Crippen molar-refractivity contribution >= 4 is 11.8 Å². The summed E-state index contributed by atoms with van der Waals surface area (Å²) in [6, 6.07) is 6.18. The summed E-state index contributed by atoms with van der Waals surface area (Å²) in [6.07, 6.45) is 1.82. The number of aryl methyl sites for hydroxylation is 1. The monoisotopic (exact) mass is 376 g/mol. The number of alkyl halides is 1. The Morgan fingerprint density at radius 1 is 1.22 bits per heavy atom. The molecule has 0 radical (unpaired) electrons. The highest BCUT2D eigenvalue weighted by atomic mass is 19.1. The van der Waals surface area contributed by atoms with E-state index in [1.165, 1.54) is 0 Å². The van der Waals surface area contributed by atoms with E-state index in [1.807, 2.05) is 17.9 Å². The number of halogens is 1. The zero-order valence-electron chi connectivity index (χ0n) is 16.4. The summed E-state index contributed by atoms with van der Waals surface area (Å²) in [6.45, 7) is 6.54. The summed E-state index contributed by atoms with van der Waals surface area (Å²) >= 11 is 0. The third kappa shape index (κ3) is 4.15. The molecule has 6 heteroatoms. The Morgan fingerprint density at radius 3 is 2.48 bits per heavy atom. The maximum atomic E-state index is 13.4. The van der Waals surface area contributed by atoms with E-state index in [9.17, 15) is 14.0 Å². The molecule has 2 heterocycles. The number of hydrogen-bond acceptors (Lipinski definition) is 3. The summed E-state index contributed by atoms with van der Waals surface area (Å²) < 4.78 is 17.2. The Labute approximate surface area is 160 Å². The van der Waals surface area contributed by atoms with Crippen molar-refractivity contribution in [1.82, 2.24) is 9.80 Å². The summed E-state index contributed by atoms with van der Waals surface area (Å²) in [5.74, 6) is 0.235. The van der Waals surface area contributed by atoms with Crippen LogP contribution in [0.25, 0.3) is 0 Å². The van der Waals surface area contributed by atoms with E-state index in [0.29, 0.717) is 13.1 Å². The molecule has 2 unspecified atom stereocenters. The molecule has 2 fully saturated rings. The minimum atomic E-state index is -0.588. The number of nitrogens with zero attached hydrogens (tertiary/aromatic N) is 2. The van der Waals surface area contributed by atoms with Crippen LogP contribution in [0.5, 0.6) is 0 Å². The van der Waals surface area contributed by atoms with Gasteiger partial charge in [0.1, 0.15) is 13.3 Å². The van der Waals surface area contributed by atoms with E-state index in [2.05, 4.69) is 26.0 Å². The second-order valence-electron chi connectivity index (χ2n) is 7.88. The van der Waals surface area contributed by atoms with Gasteiger partial charge in [-0.3, -0.25) is 9.59 Å². The molecule has 148 valence electrons. The fraction of sp³-hybridized carbons (Fsp3) is 0.619. The summed E-state index contributed by atoms with van der Waals surface area (Å²) in [5.41, 5.74) is 2.94. The SMILES string of the molecule is Cc1ccc(C(C)C)c(C(=O)N2C3CCC2CN(C(=O)COCCF)C3)c1. The fourth-order valence-electron chi connectivity index (χ4n) is 4.24. The highest BCUT2D eigenvalue weighted by Crippen LogP contribution is 2.33. The molecule has 3 rings (SSSR count). The molecular formula is C21H29FN2O3. The van der Waals surface area contributed by atoms with Gasteiger partial charge in [0, 0.05) is 18.7 Å². The first kappa shape index (κ1) is 19.8. The number of likely N-dealkylation sites (tertiary alicyclic amines) is 1. The van der Waals surface area contributed by atoms with Gasteiger partial charge in [-0.2, -0.15) is 0 Å². The molecule has 1 aromatic rings. The van der Waals surface area contributed by atoms with Crippen molar-refractivity contribution in [1.29, 1.82) is 0 Å². The molecule has 1 aromatic carbocycles. The van der Waals surface area contributed by atoms with Gasteiger partial charge in [-0.15, -0.1) is 0 Å². The van der Waals surface area contributed by atoms with E-state index in [1.54, 1.807) is 4.90 Å². The van der Waals surface area contributed by atoms with E-state index < -0.39 is 6.67 Å². The first-order chi connectivity index (χ1) is 12.9. The molecular weight excluding hydrogens is 347 g/mol. The first-order valence-corrected chi connectivity index (χ1v) is 9.77. The molecule has 0 aliphatic carbocycles. The van der Waals surface area contributed by atoms with Gasteiger partial charge < -0.3 is 14.5 Å². The van der Waals surface area contributed by atoms with Crippen molar-refractivity contribution in [3.8, 4) is 0 Å². The predicted octanol–water partition coefficient (Wildman–Crippen LogP) is 2.92. The van der Waals surface area contributed by atoms with Gasteiger partial charge in [-0.05, 0) is 37.3 Å². The van der Waals surface area contributed by atoms with Crippen LogP contribution in [0.2, 0.25) is 0 Å². The fourth-order valence-corrected chi connectivity index (χ4v) is 4.24. The Morgan fingerprint density at radius 2 is 1.89 bits per heavy atom. The minimum Gasteiger partial charge on any atom is -0.369 e. The van der Waals surface area contributed by atoms with E-state index >= 15 is 0 Å². The lowest BCUT2D eigenvalue weighted by Gasteiger charge is -2.41. The minimum absolute atomic E-state index is 0.0434. The van der Waals surface area contributed by atoms with Gasteiger partial charge >= 0.3 is 0 Å². The van der Waals surface area contributed by atoms with Crippen molar-refractivity contribution in [2.75, 3.05) is 33.0 Å². The lowest BCUT2D eigenvalue weighted by Crippen LogP contribution is -2.57. The van der Waals surface area contributed by atoms with E-state index in [0.717, 1.165) is 29.5 Å². The third-order valence-corrected chi connectivity index (χ3v) is 5.58. The van der Waals surface area contributed by atoms with Crippen LogP contribution in [-0.2, 0) is 9.53 Å². The van der Waals surface area contributed by atoms with Crippen molar-refractivity contribution in [3.05, 3.63) is 34.9 Å². The van der Waals surface area contributed by atoms with Gasteiger partial charge in [-0.25, -0.2) is 4.39 Å². The second-order valence-corrected chi connectivity index (χ2v) is 7.88. The number of ether oxygens (including phenoxy) is 1. The molecule has 2 amide bonds. The summed E-state index contributed by atoms with van der Waals surface area (Å²) in [4.78, 5) is 29.4. The molecule has 2 aliphatic rings. The highest BCUT2D eigenvalue weighted by molar-refractivity contribution is 5.97. The average molecular weight is 376 g/mol. The zero-order valence-corrected chi connectivity index (χ0v) is 16.4. The van der Waals surface area contributed by atoms with Gasteiger partial charge in [0.2, 0.25) is 5.91 Å². The van der Waals surface area contributed by atoms with Crippen LogP contribution in [0.15, 0.2) is 18.2 Å². The topological polar surface area (TPSA) is 49.9 Å². The van der Waals surface area contributed by atoms with Crippen molar-refractivity contribution in [2.24, 2.45) is 0 Å². The Balaban J connectivity index is 1.74. The van der Waals surface area contributed by atoms with Gasteiger partial charge in [-0.1, -0.05) is 31.5 Å². The second kappa shape index (κ2) is 8.38. The Kier molecular flexibility index (Phi) is 6.15. The van der Waals surface area contributed by atoms with E-state index in [-0.39, 0.29) is 43.0 Å². The maximum Gasteiger partial charge on any atom is 0.254 e. The van der Waals surface area contributed by atoms with Crippen LogP contribution in [0.1, 0.15) is 54.1 Å². The van der Waals surface area contributed by atoms with Gasteiger partial charge in [0.05, 0.1) is 18.7 Å². The molecule has 0 N–H and O–H groups in total. The van der Waals surface area contributed by atoms with Crippen LogP contribution in [-0.4, -0.2) is 66.7 Å². The third-order valence-electron chi connectivity index (χ3n) is 5.58. The van der Waals surface area contributed by atoms with E-state index in [4.69, 9.17) is 4.74 Å². The van der Waals surface area contributed by atoms with Crippen molar-refractivity contribution in [2.45, 2.75) is 51.6 Å². The van der Waals surface area contributed by atoms with Crippen LogP contribution in [0.4, 0.5) is 4.39 Å². The Hall–Kier alpha value is -1.95. The number of benzene rings is 1. The first-order valence-electron chi connectivity index (χ1n) is 9.77. The molecule has 0 aromatic heterocycles. The van der Waals surface area contributed by atoms with Gasteiger partial charge in [0.25, 0.3) is 5.91 Å². The van der Waals surface area contributed by atoms with Crippen LogP contribution < -0.4 is 0 Å². The standard InChI is InChI=1S/C21H29FN2O3/c1-14(2)18-7-4-15(3)10-19(18)21(26)24-16-5-6-17(24)12-23(11-16)20(25)13-27-9-8-22/h4,7,10,14,16-17H,5-6,8-9,11-13H2,1-3H3. The maximum absolute atomic E-state index is 13.4. The number of fused-ring (bicyclic) bond motifs is 2. The number of carbonyl (C=O) groups is 2. The van der Waals surface area contributed by atoms with Crippen molar-refractivity contribution < 1.29 is 18.7 Å². The average Bonchev–Trinajstić information content (AvgIpc) is 2.90. The molecule has 2 atom stereocenters. The number of piperazine rings is 1. The smallest absolute Gasteiger partial charge is 0.254 e. The quantitative estimate of drug-likeness (QED) is 0.718. The summed E-state index contributed by atoms with van der Waals surface area (Å²) in [5, 5.41) is 0. The van der Waals surface area contributed by atoms with Crippen LogP contribution >= 0.6 is 0 Å². The number of amides is 2. The number of carbonyl (C=O) groups excluding carboxylic acids is 2. The molecule has 0 spiro atoms. The summed E-state index contributed by atoms with van der Waals surface area (Å²) in [7, 11) is 0. The predicted molar refractivity (Wildman–Crippen MR) is 102 cm³/mol. The van der Waals surface area contributed by atoms with Crippen LogP contribution in [0.3, 0.4) is 0 Å². The molecule has 2 aliphatic heterocycles. The van der Waals surface area contributed by atoms with Crippen LogP contribution in [0, 0.1) is 6.92 Å². The molecule has 2 saturated heterocycles. The largest absolute Gasteiger partial charge is 0.369 e. The lowest BCUT2D eigenvalue weighted by molar-refractivity contribution is -0.139. The van der Waals surface area contributed by atoms with Crippen molar-refractivity contribution in [3.63, 3.8) is 0 Å². The number of hydrogen-bond donors (Lipinski definition) is 0. The lowest BCUT2D eigenvalue weighted by atomic mass is 9.94. The molecule has 5 nitrogen and oxygen atoms in total. The highest BCUT2D eigenvalue weighted by Gasteiger charge is 2.44. The molecule has 2 bridgehead atoms. The Bertz CT molecular complexity index is 693. The van der Waals surface area contributed by atoms with Gasteiger partial charge in [0.15, 0.2) is 0 Å². The molecule has 0 saturated carbocycles. The molecule has 27 heavy (non-hydrogen) atoms. The normalized spacial score (nSPS) is 21.8. The number of rotatable bonds is 6. The zero-order chi connectivity index (χ0) is 19.6.